The molecule has 2 aliphatic rings. The van der Waals surface area contributed by atoms with Crippen molar-refractivity contribution in [3.05, 3.63) is 47.3 Å². The van der Waals surface area contributed by atoms with Crippen molar-refractivity contribution in [2.75, 3.05) is 0 Å². The Hall–Kier alpha value is -2.66. The third kappa shape index (κ3) is 3.55. The number of hydrogen-bond acceptors (Lipinski definition) is 5. The number of benzene rings is 1. The highest BCUT2D eigenvalue weighted by Crippen LogP contribution is 2.42. The number of aryl methyl sites for hydroxylation is 1. The number of carbonyl (C=O) groups excluding carboxylic acids is 2. The Balaban J connectivity index is 1.63. The van der Waals surface area contributed by atoms with Crippen LogP contribution in [0.5, 0.6) is 0 Å². The van der Waals surface area contributed by atoms with E-state index in [9.17, 15) is 26.8 Å². The van der Waals surface area contributed by atoms with Crippen LogP contribution in [0.2, 0.25) is 0 Å². The maximum absolute atomic E-state index is 13.1. The summed E-state index contributed by atoms with van der Waals surface area (Å²) >= 11 is 0. The number of rotatable bonds is 6. The predicted molar refractivity (Wildman–Crippen MR) is 96.5 cm³/mol. The van der Waals surface area contributed by atoms with Crippen molar-refractivity contribution < 1.29 is 26.8 Å². The van der Waals surface area contributed by atoms with Crippen molar-refractivity contribution in [1.82, 2.24) is 19.4 Å². The van der Waals surface area contributed by atoms with Gasteiger partial charge in [0.2, 0.25) is 15.9 Å². The Bertz CT molecular complexity index is 1110. The number of alkyl halides is 2. The third-order valence-electron chi connectivity index (χ3n) is 5.15. The summed E-state index contributed by atoms with van der Waals surface area (Å²) in [7, 11) is -2.54. The monoisotopic (exact) mass is 424 g/mol. The normalized spacial score (nSPS) is 18.3. The fourth-order valence-corrected chi connectivity index (χ4v) is 4.78. The van der Waals surface area contributed by atoms with Crippen LogP contribution in [0.3, 0.4) is 0 Å². The van der Waals surface area contributed by atoms with Crippen LogP contribution in [0.4, 0.5) is 8.78 Å². The lowest BCUT2D eigenvalue weighted by molar-refractivity contribution is -0.128. The number of fused-ring (bicyclic) bond motifs is 1. The third-order valence-corrected chi connectivity index (χ3v) is 6.70. The summed E-state index contributed by atoms with van der Waals surface area (Å²) in [6.45, 7) is 0.00860. The highest BCUT2D eigenvalue weighted by Gasteiger charge is 2.54. The SMILES string of the molecule is Cn1cc(CN2C(=O)Cc3ccc(S(=O)(=O)NC4(C(F)F)CC4)cc3C2=O)cn1. The van der Waals surface area contributed by atoms with Gasteiger partial charge in [-0.05, 0) is 30.5 Å². The van der Waals surface area contributed by atoms with Crippen LogP contribution in [0.15, 0.2) is 35.5 Å². The number of hydrogen-bond donors (Lipinski definition) is 1. The number of amides is 2. The minimum absolute atomic E-state index is 0.00860. The number of carbonyl (C=O) groups is 2. The van der Waals surface area contributed by atoms with E-state index in [4.69, 9.17) is 0 Å². The molecule has 0 atom stereocenters. The van der Waals surface area contributed by atoms with Crippen molar-refractivity contribution in [3.63, 3.8) is 0 Å². The first kappa shape index (κ1) is 19.6. The molecule has 1 fully saturated rings. The molecule has 1 aliphatic heterocycles. The van der Waals surface area contributed by atoms with E-state index in [0.717, 1.165) is 11.0 Å². The lowest BCUT2D eigenvalue weighted by atomic mass is 9.98. The Morgan fingerprint density at radius 2 is 2.00 bits per heavy atom. The summed E-state index contributed by atoms with van der Waals surface area (Å²) < 4.78 is 55.0. The molecule has 1 aromatic heterocycles. The Morgan fingerprint density at radius 1 is 1.28 bits per heavy atom. The van der Waals surface area contributed by atoms with Gasteiger partial charge in [-0.2, -0.15) is 9.82 Å². The first-order chi connectivity index (χ1) is 13.6. The molecule has 2 heterocycles. The first-order valence-electron chi connectivity index (χ1n) is 8.89. The zero-order valence-corrected chi connectivity index (χ0v) is 16.2. The zero-order valence-electron chi connectivity index (χ0n) is 15.4. The molecule has 1 N–H and O–H groups in total. The Kier molecular flexibility index (Phi) is 4.54. The topological polar surface area (TPSA) is 101 Å². The quantitative estimate of drug-likeness (QED) is 0.703. The number of aromatic nitrogens is 2. The lowest BCUT2D eigenvalue weighted by Gasteiger charge is -2.27. The average Bonchev–Trinajstić information content (AvgIpc) is 3.31. The molecule has 2 aromatic rings. The average molecular weight is 424 g/mol. The summed E-state index contributed by atoms with van der Waals surface area (Å²) in [5, 5.41) is 4.00. The standard InChI is InChI=1S/C18H18F2N4O4S/c1-23-9-11(8-21-23)10-24-15(25)6-12-2-3-13(7-14(12)16(24)26)29(27,28)22-18(4-5-18)17(19)20/h2-3,7-9,17,22H,4-6,10H2,1H3. The first-order valence-corrected chi connectivity index (χ1v) is 10.4. The van der Waals surface area contributed by atoms with Crippen molar-refractivity contribution in [2.24, 2.45) is 7.05 Å². The summed E-state index contributed by atoms with van der Waals surface area (Å²) in [6, 6.07) is 3.74. The Morgan fingerprint density at radius 3 is 2.59 bits per heavy atom. The van der Waals surface area contributed by atoms with Gasteiger partial charge in [0.05, 0.1) is 29.6 Å². The van der Waals surface area contributed by atoms with Crippen LogP contribution in [-0.4, -0.2) is 46.9 Å². The van der Waals surface area contributed by atoms with Gasteiger partial charge in [0.25, 0.3) is 12.3 Å². The fourth-order valence-electron chi connectivity index (χ4n) is 3.32. The van der Waals surface area contributed by atoms with Crippen LogP contribution in [-0.2, 0) is 34.8 Å². The van der Waals surface area contributed by atoms with E-state index in [1.807, 2.05) is 0 Å². The van der Waals surface area contributed by atoms with E-state index in [1.165, 1.54) is 23.0 Å². The maximum atomic E-state index is 13.1. The molecule has 0 spiro atoms. The molecule has 8 nitrogen and oxygen atoms in total. The molecule has 1 aliphatic carbocycles. The fraction of sp³-hybridized carbons (Fsp3) is 0.389. The van der Waals surface area contributed by atoms with Crippen molar-refractivity contribution in [2.45, 2.75) is 42.7 Å². The van der Waals surface area contributed by atoms with Crippen LogP contribution >= 0.6 is 0 Å². The molecule has 2 amide bonds. The van der Waals surface area contributed by atoms with E-state index >= 15 is 0 Å². The molecular formula is C18H18F2N4O4S. The second kappa shape index (κ2) is 6.70. The number of halogens is 2. The molecule has 154 valence electrons. The van der Waals surface area contributed by atoms with Gasteiger partial charge in [-0.3, -0.25) is 19.2 Å². The summed E-state index contributed by atoms with van der Waals surface area (Å²) in [6.07, 6.45) is 0.433. The van der Waals surface area contributed by atoms with E-state index < -0.39 is 33.8 Å². The molecule has 0 bridgehead atoms. The second-order valence-electron chi connectivity index (χ2n) is 7.37. The maximum Gasteiger partial charge on any atom is 0.261 e. The highest BCUT2D eigenvalue weighted by molar-refractivity contribution is 7.89. The van der Waals surface area contributed by atoms with Gasteiger partial charge in [-0.15, -0.1) is 0 Å². The molecule has 1 aromatic carbocycles. The highest BCUT2D eigenvalue weighted by atomic mass is 32.2. The van der Waals surface area contributed by atoms with Gasteiger partial charge in [0.15, 0.2) is 0 Å². The molecule has 11 heteroatoms. The molecule has 4 rings (SSSR count). The Labute approximate surface area is 165 Å². The van der Waals surface area contributed by atoms with Crippen molar-refractivity contribution in [1.29, 1.82) is 0 Å². The van der Waals surface area contributed by atoms with Gasteiger partial charge >= 0.3 is 0 Å². The van der Waals surface area contributed by atoms with Crippen molar-refractivity contribution >= 4 is 21.8 Å². The predicted octanol–water partition coefficient (Wildman–Crippen LogP) is 1.22. The lowest BCUT2D eigenvalue weighted by Crippen LogP contribution is -2.43. The number of nitrogens with one attached hydrogen (secondary N) is 1. The molecule has 29 heavy (non-hydrogen) atoms. The van der Waals surface area contributed by atoms with E-state index in [-0.39, 0.29) is 36.3 Å². The minimum atomic E-state index is -4.24. The number of sulfonamides is 1. The minimum Gasteiger partial charge on any atom is -0.275 e. The van der Waals surface area contributed by atoms with E-state index in [0.29, 0.717) is 11.1 Å². The molecule has 0 unspecified atom stereocenters. The second-order valence-corrected chi connectivity index (χ2v) is 9.05. The largest absolute Gasteiger partial charge is 0.275 e. The van der Waals surface area contributed by atoms with Gasteiger partial charge in [0.1, 0.15) is 0 Å². The number of nitrogens with zero attached hydrogens (tertiary/aromatic N) is 3. The summed E-state index contributed by atoms with van der Waals surface area (Å²) in [5.41, 5.74) is -0.619. The smallest absolute Gasteiger partial charge is 0.261 e. The summed E-state index contributed by atoms with van der Waals surface area (Å²) in [5.74, 6) is -1.04. The van der Waals surface area contributed by atoms with E-state index in [1.54, 1.807) is 13.2 Å². The molecule has 0 saturated heterocycles. The summed E-state index contributed by atoms with van der Waals surface area (Å²) in [4.78, 5) is 26.0. The molecular weight excluding hydrogens is 406 g/mol. The van der Waals surface area contributed by atoms with Gasteiger partial charge < -0.3 is 0 Å². The van der Waals surface area contributed by atoms with Crippen LogP contribution in [0.25, 0.3) is 0 Å². The number of imide groups is 1. The zero-order chi connectivity index (χ0) is 21.0. The van der Waals surface area contributed by atoms with Crippen LogP contribution < -0.4 is 4.72 Å². The molecule has 0 radical (unpaired) electrons. The van der Waals surface area contributed by atoms with Gasteiger partial charge in [-0.1, -0.05) is 6.07 Å². The van der Waals surface area contributed by atoms with E-state index in [2.05, 4.69) is 9.82 Å². The van der Waals surface area contributed by atoms with Crippen molar-refractivity contribution in [3.8, 4) is 0 Å². The van der Waals surface area contributed by atoms with Gasteiger partial charge in [0, 0.05) is 24.4 Å². The van der Waals surface area contributed by atoms with Crippen LogP contribution in [0, 0.1) is 0 Å². The molecule has 1 saturated carbocycles. The van der Waals surface area contributed by atoms with Crippen LogP contribution in [0.1, 0.15) is 34.3 Å². The van der Waals surface area contributed by atoms with Gasteiger partial charge in [-0.25, -0.2) is 17.2 Å².